The van der Waals surface area contributed by atoms with Crippen molar-refractivity contribution in [3.05, 3.63) is 29.3 Å². The number of likely N-dealkylation sites (N-methyl/N-ethyl adjacent to an activating group) is 1. The molecule has 0 saturated carbocycles. The minimum absolute atomic E-state index is 0.110. The van der Waals surface area contributed by atoms with Crippen molar-refractivity contribution in [2.75, 3.05) is 20.6 Å². The standard InChI is InChI=1S/C16H26N2O2/c1-11(2)9-13(10-18(4)5)17-16(20)14-7-6-8-15(19)12(14)3/h6-8,11,13,19H,9-10H2,1-5H3,(H,17,20). The molecule has 112 valence electrons. The summed E-state index contributed by atoms with van der Waals surface area (Å²) < 4.78 is 0. The number of nitrogens with zero attached hydrogens (tertiary/aromatic N) is 1. The molecule has 20 heavy (non-hydrogen) atoms. The second kappa shape index (κ2) is 7.29. The first kappa shape index (κ1) is 16.5. The summed E-state index contributed by atoms with van der Waals surface area (Å²) in [6.45, 7) is 6.86. The van der Waals surface area contributed by atoms with Gasteiger partial charge in [-0.2, -0.15) is 0 Å². The van der Waals surface area contributed by atoms with Crippen LogP contribution in [0, 0.1) is 12.8 Å². The molecule has 1 rings (SSSR count). The molecule has 0 aliphatic carbocycles. The Bertz CT molecular complexity index is 446. The molecule has 1 unspecified atom stereocenters. The molecule has 0 fully saturated rings. The smallest absolute Gasteiger partial charge is 0.251 e. The Kier molecular flexibility index (Phi) is 6.02. The van der Waals surface area contributed by atoms with E-state index in [2.05, 4.69) is 24.1 Å². The zero-order valence-electron chi connectivity index (χ0n) is 13.1. The Labute approximate surface area is 121 Å². The maximum absolute atomic E-state index is 12.4. The second-order valence-electron chi connectivity index (χ2n) is 6.01. The predicted octanol–water partition coefficient (Wildman–Crippen LogP) is 2.41. The van der Waals surface area contributed by atoms with Crippen LogP contribution in [0.4, 0.5) is 0 Å². The first-order valence-corrected chi connectivity index (χ1v) is 7.05. The fraction of sp³-hybridized carbons (Fsp3) is 0.562. The fourth-order valence-corrected chi connectivity index (χ4v) is 2.32. The molecule has 0 spiro atoms. The van der Waals surface area contributed by atoms with Crippen molar-refractivity contribution in [2.45, 2.75) is 33.2 Å². The maximum Gasteiger partial charge on any atom is 0.251 e. The van der Waals surface area contributed by atoms with E-state index in [0.29, 0.717) is 17.0 Å². The van der Waals surface area contributed by atoms with E-state index in [1.807, 2.05) is 14.1 Å². The molecule has 1 amide bonds. The number of amides is 1. The van der Waals surface area contributed by atoms with Gasteiger partial charge in [0, 0.05) is 23.7 Å². The van der Waals surface area contributed by atoms with E-state index in [9.17, 15) is 9.90 Å². The minimum Gasteiger partial charge on any atom is -0.508 e. The molecule has 2 N–H and O–H groups in total. The van der Waals surface area contributed by atoms with Gasteiger partial charge in [0.1, 0.15) is 5.75 Å². The lowest BCUT2D eigenvalue weighted by atomic mass is 10.0. The number of phenols is 1. The first-order valence-electron chi connectivity index (χ1n) is 7.05. The molecule has 4 nitrogen and oxygen atoms in total. The Morgan fingerprint density at radius 1 is 1.35 bits per heavy atom. The topological polar surface area (TPSA) is 52.6 Å². The Balaban J connectivity index is 2.81. The summed E-state index contributed by atoms with van der Waals surface area (Å²) in [7, 11) is 4.00. The van der Waals surface area contributed by atoms with Crippen LogP contribution >= 0.6 is 0 Å². The fourth-order valence-electron chi connectivity index (χ4n) is 2.32. The highest BCUT2D eigenvalue weighted by atomic mass is 16.3. The molecule has 0 heterocycles. The van der Waals surface area contributed by atoms with Crippen LogP contribution in [-0.2, 0) is 0 Å². The molecule has 1 aromatic carbocycles. The number of rotatable bonds is 6. The lowest BCUT2D eigenvalue weighted by Crippen LogP contribution is -2.42. The van der Waals surface area contributed by atoms with Gasteiger partial charge in [0.2, 0.25) is 0 Å². The van der Waals surface area contributed by atoms with E-state index in [1.165, 1.54) is 0 Å². The molecule has 4 heteroatoms. The zero-order valence-corrected chi connectivity index (χ0v) is 13.1. The second-order valence-corrected chi connectivity index (χ2v) is 6.01. The molecule has 1 atom stereocenters. The van der Waals surface area contributed by atoms with Gasteiger partial charge >= 0.3 is 0 Å². The minimum atomic E-state index is -0.120. The Morgan fingerprint density at radius 3 is 2.55 bits per heavy atom. The Hall–Kier alpha value is -1.55. The molecule has 0 radical (unpaired) electrons. The molecule has 0 aromatic heterocycles. The van der Waals surface area contributed by atoms with E-state index in [0.717, 1.165) is 13.0 Å². The number of aromatic hydroxyl groups is 1. The van der Waals surface area contributed by atoms with E-state index in [1.54, 1.807) is 25.1 Å². The molecule has 0 aliphatic rings. The summed E-state index contributed by atoms with van der Waals surface area (Å²) in [5.74, 6) is 0.557. The van der Waals surface area contributed by atoms with Gasteiger partial charge in [-0.25, -0.2) is 0 Å². The van der Waals surface area contributed by atoms with Crippen LogP contribution in [0.5, 0.6) is 5.75 Å². The van der Waals surface area contributed by atoms with Crippen molar-refractivity contribution >= 4 is 5.91 Å². The van der Waals surface area contributed by atoms with Crippen molar-refractivity contribution in [1.82, 2.24) is 10.2 Å². The van der Waals surface area contributed by atoms with Gasteiger partial charge in [-0.3, -0.25) is 4.79 Å². The van der Waals surface area contributed by atoms with Crippen LogP contribution in [0.3, 0.4) is 0 Å². The van der Waals surface area contributed by atoms with Gasteiger partial charge < -0.3 is 15.3 Å². The van der Waals surface area contributed by atoms with Gasteiger partial charge in [-0.05, 0) is 45.5 Å². The van der Waals surface area contributed by atoms with Crippen molar-refractivity contribution in [1.29, 1.82) is 0 Å². The summed E-state index contributed by atoms with van der Waals surface area (Å²) in [4.78, 5) is 14.4. The normalized spacial score (nSPS) is 12.8. The van der Waals surface area contributed by atoms with Crippen LogP contribution in [0.2, 0.25) is 0 Å². The monoisotopic (exact) mass is 278 g/mol. The molecule has 0 saturated heterocycles. The highest BCUT2D eigenvalue weighted by Gasteiger charge is 2.18. The predicted molar refractivity (Wildman–Crippen MR) is 82.1 cm³/mol. The number of phenolic OH excluding ortho intramolecular Hbond substituents is 1. The molecular weight excluding hydrogens is 252 g/mol. The zero-order chi connectivity index (χ0) is 15.3. The van der Waals surface area contributed by atoms with Gasteiger partial charge in [0.05, 0.1) is 0 Å². The largest absolute Gasteiger partial charge is 0.508 e. The van der Waals surface area contributed by atoms with Gasteiger partial charge in [-0.15, -0.1) is 0 Å². The SMILES string of the molecule is Cc1c(O)cccc1C(=O)NC(CC(C)C)CN(C)C. The van der Waals surface area contributed by atoms with Gasteiger partial charge in [-0.1, -0.05) is 19.9 Å². The molecule has 1 aromatic rings. The summed E-state index contributed by atoms with van der Waals surface area (Å²) >= 11 is 0. The van der Waals surface area contributed by atoms with Crippen molar-refractivity contribution < 1.29 is 9.90 Å². The average Bonchev–Trinajstić information content (AvgIpc) is 2.30. The number of nitrogens with one attached hydrogen (secondary N) is 1. The number of hydrogen-bond acceptors (Lipinski definition) is 3. The van der Waals surface area contributed by atoms with Gasteiger partial charge in [0.15, 0.2) is 0 Å². The third kappa shape index (κ3) is 4.85. The number of carbonyl (C=O) groups excluding carboxylic acids is 1. The highest BCUT2D eigenvalue weighted by molar-refractivity contribution is 5.96. The quantitative estimate of drug-likeness (QED) is 0.840. The number of benzene rings is 1. The third-order valence-corrected chi connectivity index (χ3v) is 3.23. The van der Waals surface area contributed by atoms with Crippen molar-refractivity contribution in [2.24, 2.45) is 5.92 Å². The Morgan fingerprint density at radius 2 is 2.00 bits per heavy atom. The summed E-state index contributed by atoms with van der Waals surface area (Å²) in [6.07, 6.45) is 0.932. The van der Waals surface area contributed by atoms with E-state index in [4.69, 9.17) is 0 Å². The lowest BCUT2D eigenvalue weighted by Gasteiger charge is -2.24. The molecular formula is C16H26N2O2. The van der Waals surface area contributed by atoms with E-state index < -0.39 is 0 Å². The van der Waals surface area contributed by atoms with E-state index in [-0.39, 0.29) is 17.7 Å². The molecule has 0 aliphatic heterocycles. The average molecular weight is 278 g/mol. The maximum atomic E-state index is 12.4. The summed E-state index contributed by atoms with van der Waals surface area (Å²) in [5, 5.41) is 12.8. The summed E-state index contributed by atoms with van der Waals surface area (Å²) in [6, 6.07) is 5.14. The lowest BCUT2D eigenvalue weighted by molar-refractivity contribution is 0.0923. The summed E-state index contributed by atoms with van der Waals surface area (Å²) in [5.41, 5.74) is 1.16. The van der Waals surface area contributed by atoms with Gasteiger partial charge in [0.25, 0.3) is 5.91 Å². The van der Waals surface area contributed by atoms with Crippen LogP contribution in [0.1, 0.15) is 36.2 Å². The van der Waals surface area contributed by atoms with Crippen molar-refractivity contribution in [3.8, 4) is 5.75 Å². The van der Waals surface area contributed by atoms with Crippen LogP contribution < -0.4 is 5.32 Å². The number of carbonyl (C=O) groups is 1. The third-order valence-electron chi connectivity index (χ3n) is 3.23. The van der Waals surface area contributed by atoms with Crippen LogP contribution in [-0.4, -0.2) is 42.6 Å². The highest BCUT2D eigenvalue weighted by Crippen LogP contribution is 2.19. The first-order chi connectivity index (χ1) is 9.31. The number of hydrogen-bond donors (Lipinski definition) is 2. The van der Waals surface area contributed by atoms with Crippen LogP contribution in [0.25, 0.3) is 0 Å². The van der Waals surface area contributed by atoms with E-state index >= 15 is 0 Å². The van der Waals surface area contributed by atoms with Crippen molar-refractivity contribution in [3.63, 3.8) is 0 Å². The molecule has 0 bridgehead atoms. The van der Waals surface area contributed by atoms with Crippen LogP contribution in [0.15, 0.2) is 18.2 Å².